The fourth-order valence-electron chi connectivity index (χ4n) is 12.6. The summed E-state index contributed by atoms with van der Waals surface area (Å²) in [6.07, 6.45) is 4.63. The Balaban J connectivity index is 0.000000192. The lowest BCUT2D eigenvalue weighted by Crippen LogP contribution is -2.54. The summed E-state index contributed by atoms with van der Waals surface area (Å²) in [7, 11) is 7.83. The van der Waals surface area contributed by atoms with Crippen molar-refractivity contribution in [2.75, 3.05) is 139 Å². The van der Waals surface area contributed by atoms with E-state index in [1.807, 2.05) is 87.5 Å². The molecule has 526 valence electrons. The van der Waals surface area contributed by atoms with Crippen LogP contribution in [0.5, 0.6) is 0 Å². The topological polar surface area (TPSA) is 127 Å². The lowest BCUT2D eigenvalue weighted by atomic mass is 10.0. The second-order valence-corrected chi connectivity index (χ2v) is 29.1. The molecule has 15 nitrogen and oxygen atoms in total. The van der Waals surface area contributed by atoms with Crippen molar-refractivity contribution in [3.8, 4) is 0 Å². The maximum Gasteiger partial charge on any atom is 0.253 e. The molecule has 1 N–H and O–H groups in total. The number of likely N-dealkylation sites (tertiary alicyclic amines) is 2. The summed E-state index contributed by atoms with van der Waals surface area (Å²) in [6.45, 7) is 44.9. The first-order chi connectivity index (χ1) is 45.7. The minimum Gasteiger partial charge on any atom is -0.349 e. The molecule has 15 heteroatoms. The standard InChI is InChI=1S/C20H31N3O.C18H28N2O.C16H24N2O.C15H22N2O.C12H17NO/c1-16(2)17-4-6-18(7-5-17)20(24)23-14-12-22(13-15-23)19-8-10-21(3)11-9-19;1-13(2)15-5-7-16(8-6-15)18(21)19-17-9-11-20(12-10-17)14(3)4;1-4-17-9-11-18(12-10-17)16(19)15-7-5-14(6-8-15)13(2)3;1-12(2)13-4-6-14(7-5-13)15(18)17-10-8-16(3)9-11-17;1-9(2)10-5-7-11(8-6-10)12(14)13(3)4/h4-7,16,19H,8-15H2,1-3H3;5-8,13-14,17H,9-12H2,1-4H3,(H,19,21);5-8,13H,4,9-12H2,1-3H3;4-7,12H,8-11H2,1-3H3;5-9H,1-4H3. The molecule has 5 amide bonds. The van der Waals surface area contributed by atoms with E-state index in [-0.39, 0.29) is 29.5 Å². The van der Waals surface area contributed by atoms with Gasteiger partial charge in [-0.15, -0.1) is 0 Å². The Kier molecular flexibility index (Phi) is 31.8. The summed E-state index contributed by atoms with van der Waals surface area (Å²) >= 11 is 0. The van der Waals surface area contributed by atoms with E-state index in [1.165, 1.54) is 53.7 Å². The van der Waals surface area contributed by atoms with Crippen LogP contribution in [0.3, 0.4) is 0 Å². The van der Waals surface area contributed by atoms with Crippen LogP contribution in [-0.4, -0.2) is 231 Å². The zero-order valence-corrected chi connectivity index (χ0v) is 62.1. The molecule has 5 fully saturated rings. The predicted octanol–water partition coefficient (Wildman–Crippen LogP) is 13.4. The molecule has 5 aromatic rings. The zero-order chi connectivity index (χ0) is 70.2. The molecule has 0 spiro atoms. The van der Waals surface area contributed by atoms with Gasteiger partial charge in [-0.1, -0.05) is 137 Å². The molecule has 0 atom stereocenters. The van der Waals surface area contributed by atoms with Gasteiger partial charge in [0.25, 0.3) is 29.5 Å². The first kappa shape index (κ1) is 78.2. The number of hydrogen-bond acceptors (Lipinski definition) is 10. The summed E-state index contributed by atoms with van der Waals surface area (Å²) in [6, 6.07) is 41.7. The molecule has 0 aliphatic carbocycles. The molecule has 0 radical (unpaired) electrons. The predicted molar refractivity (Wildman–Crippen MR) is 397 cm³/mol. The fraction of sp³-hybridized carbons (Fsp3) is 0.568. The number of benzene rings is 5. The molecular weight excluding hydrogens is 1190 g/mol. The number of piperazine rings is 3. The molecule has 96 heavy (non-hydrogen) atoms. The number of hydrogen-bond donors (Lipinski definition) is 1. The molecule has 0 bridgehead atoms. The van der Waals surface area contributed by atoms with Gasteiger partial charge in [0.05, 0.1) is 0 Å². The van der Waals surface area contributed by atoms with Crippen molar-refractivity contribution in [3.63, 3.8) is 0 Å². The van der Waals surface area contributed by atoms with Crippen LogP contribution >= 0.6 is 0 Å². The van der Waals surface area contributed by atoms with E-state index in [4.69, 9.17) is 0 Å². The van der Waals surface area contributed by atoms with Gasteiger partial charge in [0.15, 0.2) is 0 Å². The van der Waals surface area contributed by atoms with Crippen molar-refractivity contribution >= 4 is 29.5 Å². The highest BCUT2D eigenvalue weighted by molar-refractivity contribution is 5.96. The van der Waals surface area contributed by atoms with Crippen LogP contribution in [0, 0.1) is 0 Å². The number of carbonyl (C=O) groups excluding carboxylic acids is 5. The van der Waals surface area contributed by atoms with E-state index in [1.54, 1.807) is 19.0 Å². The number of carbonyl (C=O) groups is 5. The molecule has 0 unspecified atom stereocenters. The van der Waals surface area contributed by atoms with Gasteiger partial charge in [0, 0.05) is 152 Å². The third-order valence-corrected chi connectivity index (χ3v) is 19.8. The van der Waals surface area contributed by atoms with Crippen LogP contribution in [0.4, 0.5) is 0 Å². The van der Waals surface area contributed by atoms with Gasteiger partial charge in [-0.3, -0.25) is 28.9 Å². The van der Waals surface area contributed by atoms with Gasteiger partial charge in [0.2, 0.25) is 0 Å². The maximum atomic E-state index is 12.7. The normalized spacial score (nSPS) is 17.3. The van der Waals surface area contributed by atoms with Crippen molar-refractivity contribution in [1.29, 1.82) is 0 Å². The Bertz CT molecular complexity index is 3110. The third-order valence-electron chi connectivity index (χ3n) is 19.8. The Labute approximate surface area is 579 Å². The van der Waals surface area contributed by atoms with Gasteiger partial charge < -0.3 is 44.5 Å². The lowest BCUT2D eigenvalue weighted by molar-refractivity contribution is 0.0474. The summed E-state index contributed by atoms with van der Waals surface area (Å²) in [5.41, 5.74) is 10.4. The van der Waals surface area contributed by atoms with Gasteiger partial charge >= 0.3 is 0 Å². The van der Waals surface area contributed by atoms with Gasteiger partial charge in [-0.05, 0) is 191 Å². The Morgan fingerprint density at radius 2 is 0.688 bits per heavy atom. The summed E-state index contributed by atoms with van der Waals surface area (Å²) in [5.74, 6) is 3.19. The second kappa shape index (κ2) is 39.0. The molecule has 5 heterocycles. The molecule has 5 saturated heterocycles. The van der Waals surface area contributed by atoms with E-state index >= 15 is 0 Å². The molecule has 0 saturated carbocycles. The largest absolute Gasteiger partial charge is 0.349 e. The maximum absolute atomic E-state index is 12.7. The number of nitrogens with one attached hydrogen (secondary N) is 1. The van der Waals surface area contributed by atoms with Crippen molar-refractivity contribution in [2.45, 2.75) is 163 Å². The third kappa shape index (κ3) is 24.4. The molecule has 5 aliphatic rings. The Morgan fingerprint density at radius 3 is 1.00 bits per heavy atom. The Hall–Kier alpha value is -6.75. The summed E-state index contributed by atoms with van der Waals surface area (Å²) < 4.78 is 0. The SMILES string of the molecule is CC(C)c1ccc(C(=O)N(C)C)cc1.CC(C)c1ccc(C(=O)N2CCN(C)CC2)cc1.CC(C)c1ccc(C(=O)N2CCN(C3CCN(C)CC3)CC2)cc1.CC(C)c1ccc(C(=O)NC2CCN(C(C)C)CC2)cc1.CCN1CCN(C(=O)c2ccc(C(C)C)cc2)CC1. The highest BCUT2D eigenvalue weighted by atomic mass is 16.2. The summed E-state index contributed by atoms with van der Waals surface area (Å²) in [4.78, 5) is 80.9. The van der Waals surface area contributed by atoms with Crippen molar-refractivity contribution in [2.24, 2.45) is 0 Å². The average Bonchev–Trinajstić information content (AvgIpc) is 0.918. The smallest absolute Gasteiger partial charge is 0.253 e. The number of likely N-dealkylation sites (N-methyl/N-ethyl adjacent to an activating group) is 2. The number of piperidine rings is 2. The van der Waals surface area contributed by atoms with Crippen molar-refractivity contribution < 1.29 is 24.0 Å². The van der Waals surface area contributed by atoms with E-state index < -0.39 is 0 Å². The van der Waals surface area contributed by atoms with Crippen LogP contribution in [0.2, 0.25) is 0 Å². The van der Waals surface area contributed by atoms with Crippen LogP contribution in [-0.2, 0) is 0 Å². The molecular formula is C81H122N10O5. The Morgan fingerprint density at radius 1 is 0.385 bits per heavy atom. The van der Waals surface area contributed by atoms with E-state index in [0.29, 0.717) is 47.7 Å². The molecule has 5 aromatic carbocycles. The minimum atomic E-state index is 0.0558. The van der Waals surface area contributed by atoms with Crippen LogP contribution < -0.4 is 5.32 Å². The van der Waals surface area contributed by atoms with Gasteiger partial charge in [-0.25, -0.2) is 0 Å². The van der Waals surface area contributed by atoms with E-state index in [0.717, 1.165) is 139 Å². The van der Waals surface area contributed by atoms with Gasteiger partial charge in [-0.2, -0.15) is 0 Å². The van der Waals surface area contributed by atoms with Gasteiger partial charge in [0.1, 0.15) is 0 Å². The van der Waals surface area contributed by atoms with Crippen molar-refractivity contribution in [3.05, 3.63) is 177 Å². The monoisotopic (exact) mass is 1310 g/mol. The zero-order valence-electron chi connectivity index (χ0n) is 62.1. The average molecular weight is 1320 g/mol. The number of rotatable bonds is 14. The van der Waals surface area contributed by atoms with E-state index in [2.05, 4.69) is 182 Å². The highest BCUT2D eigenvalue weighted by Crippen LogP contribution is 2.23. The second-order valence-electron chi connectivity index (χ2n) is 29.1. The summed E-state index contributed by atoms with van der Waals surface area (Å²) in [5, 5.41) is 3.18. The quantitative estimate of drug-likeness (QED) is 0.115. The fourth-order valence-corrected chi connectivity index (χ4v) is 12.6. The minimum absolute atomic E-state index is 0.0558. The lowest BCUT2D eigenvalue weighted by Gasteiger charge is -2.42. The van der Waals surface area contributed by atoms with E-state index in [9.17, 15) is 24.0 Å². The van der Waals surface area contributed by atoms with Crippen molar-refractivity contribution in [1.82, 2.24) is 49.4 Å². The number of nitrogens with zero attached hydrogens (tertiary/aromatic N) is 9. The van der Waals surface area contributed by atoms with Crippen LogP contribution in [0.1, 0.15) is 225 Å². The number of amides is 5. The highest BCUT2D eigenvalue weighted by Gasteiger charge is 2.30. The first-order valence-corrected chi connectivity index (χ1v) is 36.2. The first-order valence-electron chi connectivity index (χ1n) is 36.2. The molecule has 10 rings (SSSR count). The van der Waals surface area contributed by atoms with Crippen LogP contribution in [0.25, 0.3) is 0 Å². The molecule has 0 aromatic heterocycles. The molecule has 5 aliphatic heterocycles. The van der Waals surface area contributed by atoms with Crippen LogP contribution in [0.15, 0.2) is 121 Å².